The first-order valence-corrected chi connectivity index (χ1v) is 4.68. The third-order valence-electron chi connectivity index (χ3n) is 2.71. The van der Waals surface area contributed by atoms with Gasteiger partial charge in [0.05, 0.1) is 6.10 Å². The molecule has 0 aromatic heterocycles. The first-order chi connectivity index (χ1) is 5.20. The topological polar surface area (TPSA) is 20.2 Å². The van der Waals surface area contributed by atoms with Crippen LogP contribution in [0.4, 0.5) is 0 Å². The molecule has 0 aromatic rings. The maximum atomic E-state index is 9.50. The van der Waals surface area contributed by atoms with Crippen molar-refractivity contribution < 1.29 is 5.11 Å². The van der Waals surface area contributed by atoms with Crippen LogP contribution in [-0.2, 0) is 0 Å². The molecule has 2 unspecified atom stereocenters. The van der Waals surface area contributed by atoms with Crippen LogP contribution in [0.25, 0.3) is 0 Å². The third kappa shape index (κ3) is 2.82. The fourth-order valence-electron chi connectivity index (χ4n) is 1.86. The number of hydrogen-bond acceptors (Lipinski definition) is 1. The average Bonchev–Trinajstić information content (AvgIpc) is 2.13. The van der Waals surface area contributed by atoms with E-state index < -0.39 is 0 Å². The summed E-state index contributed by atoms with van der Waals surface area (Å²) in [6.07, 6.45) is 5.79. The van der Waals surface area contributed by atoms with Crippen molar-refractivity contribution in [3.63, 3.8) is 0 Å². The van der Waals surface area contributed by atoms with Gasteiger partial charge >= 0.3 is 0 Å². The van der Waals surface area contributed by atoms with Crippen LogP contribution in [0.5, 0.6) is 0 Å². The predicted molar refractivity (Wildman–Crippen MR) is 47.2 cm³/mol. The van der Waals surface area contributed by atoms with Crippen molar-refractivity contribution in [2.75, 3.05) is 0 Å². The Hall–Kier alpha value is -0.0400. The van der Waals surface area contributed by atoms with Crippen molar-refractivity contribution in [2.45, 2.75) is 52.1 Å². The lowest BCUT2D eigenvalue weighted by Crippen LogP contribution is -2.13. The van der Waals surface area contributed by atoms with E-state index in [4.69, 9.17) is 0 Å². The van der Waals surface area contributed by atoms with Gasteiger partial charge in [-0.15, -0.1) is 0 Å². The molecular weight excluding hydrogens is 136 g/mol. The highest BCUT2D eigenvalue weighted by atomic mass is 16.3. The van der Waals surface area contributed by atoms with Gasteiger partial charge in [-0.3, -0.25) is 0 Å². The van der Waals surface area contributed by atoms with E-state index in [2.05, 4.69) is 13.8 Å². The van der Waals surface area contributed by atoms with E-state index in [0.29, 0.717) is 5.92 Å². The van der Waals surface area contributed by atoms with Crippen LogP contribution in [0.2, 0.25) is 0 Å². The Morgan fingerprint density at radius 2 is 1.82 bits per heavy atom. The smallest absolute Gasteiger partial charge is 0.0543 e. The van der Waals surface area contributed by atoms with Crippen molar-refractivity contribution in [3.8, 4) is 0 Å². The molecule has 2 atom stereocenters. The lowest BCUT2D eigenvalue weighted by atomic mass is 9.88. The van der Waals surface area contributed by atoms with Gasteiger partial charge in [0.15, 0.2) is 0 Å². The van der Waals surface area contributed by atoms with Crippen molar-refractivity contribution in [3.05, 3.63) is 5.92 Å². The maximum absolute atomic E-state index is 9.50. The van der Waals surface area contributed by atoms with E-state index in [1.165, 1.54) is 25.2 Å². The Morgan fingerprint density at radius 3 is 2.45 bits per heavy atom. The summed E-state index contributed by atoms with van der Waals surface area (Å²) in [4.78, 5) is 0. The highest BCUT2D eigenvalue weighted by Crippen LogP contribution is 2.29. The van der Waals surface area contributed by atoms with Crippen LogP contribution in [0.1, 0.15) is 46.0 Å². The van der Waals surface area contributed by atoms with Crippen molar-refractivity contribution >= 4 is 0 Å². The summed E-state index contributed by atoms with van der Waals surface area (Å²) in [6, 6.07) is 0. The van der Waals surface area contributed by atoms with Crippen molar-refractivity contribution in [1.29, 1.82) is 0 Å². The van der Waals surface area contributed by atoms with Crippen LogP contribution >= 0.6 is 0 Å². The van der Waals surface area contributed by atoms with Gasteiger partial charge in [0.25, 0.3) is 0 Å². The molecule has 1 nitrogen and oxygen atoms in total. The molecule has 0 amide bonds. The molecule has 1 aliphatic rings. The van der Waals surface area contributed by atoms with Gasteiger partial charge in [0.1, 0.15) is 0 Å². The molecule has 1 aliphatic carbocycles. The lowest BCUT2D eigenvalue weighted by Gasteiger charge is -2.19. The van der Waals surface area contributed by atoms with Gasteiger partial charge in [0.2, 0.25) is 0 Å². The zero-order valence-corrected chi connectivity index (χ0v) is 7.64. The summed E-state index contributed by atoms with van der Waals surface area (Å²) in [5.74, 6) is 2.18. The third-order valence-corrected chi connectivity index (χ3v) is 2.71. The molecule has 0 aromatic carbocycles. The van der Waals surface area contributed by atoms with Gasteiger partial charge in [-0.25, -0.2) is 0 Å². The second-order valence-electron chi connectivity index (χ2n) is 3.95. The standard InChI is InChI=1S/C10H19O/c1-8(2)9-5-3-4-6-10(11)7-9/h9-11H,3-7H2,1-2H3. The minimum Gasteiger partial charge on any atom is -0.393 e. The molecule has 1 fully saturated rings. The lowest BCUT2D eigenvalue weighted by molar-refractivity contribution is 0.143. The number of rotatable bonds is 1. The summed E-state index contributed by atoms with van der Waals surface area (Å²) in [5, 5.41) is 9.50. The zero-order valence-electron chi connectivity index (χ0n) is 7.64. The summed E-state index contributed by atoms with van der Waals surface area (Å²) in [5.41, 5.74) is 0. The molecule has 1 saturated carbocycles. The maximum Gasteiger partial charge on any atom is 0.0543 e. The normalized spacial score (nSPS) is 33.8. The first-order valence-electron chi connectivity index (χ1n) is 4.68. The molecule has 1 radical (unpaired) electrons. The molecule has 0 heterocycles. The summed E-state index contributed by atoms with van der Waals surface area (Å²) in [7, 11) is 0. The Bertz CT molecular complexity index is 109. The fourth-order valence-corrected chi connectivity index (χ4v) is 1.86. The molecule has 0 spiro atoms. The molecule has 1 N–H and O–H groups in total. The predicted octanol–water partition coefficient (Wildman–Crippen LogP) is 2.54. The molecular formula is C10H19O. The minimum absolute atomic E-state index is 0.0302. The second kappa shape index (κ2) is 4.10. The average molecular weight is 155 g/mol. The van der Waals surface area contributed by atoms with Crippen molar-refractivity contribution in [1.82, 2.24) is 0 Å². The van der Waals surface area contributed by atoms with Crippen LogP contribution < -0.4 is 0 Å². The van der Waals surface area contributed by atoms with E-state index in [1.807, 2.05) is 0 Å². The minimum atomic E-state index is -0.0302. The number of hydrogen-bond donors (Lipinski definition) is 1. The van der Waals surface area contributed by atoms with Gasteiger partial charge in [-0.05, 0) is 31.1 Å². The second-order valence-corrected chi connectivity index (χ2v) is 3.95. The monoisotopic (exact) mass is 155 g/mol. The van der Waals surface area contributed by atoms with E-state index in [0.717, 1.165) is 12.8 Å². The zero-order chi connectivity index (χ0) is 8.27. The first kappa shape index (κ1) is 9.05. The fraction of sp³-hybridized carbons (Fsp3) is 0.900. The van der Waals surface area contributed by atoms with Crippen molar-refractivity contribution in [2.24, 2.45) is 5.92 Å². The highest BCUT2D eigenvalue weighted by Gasteiger charge is 2.20. The molecule has 1 heteroatoms. The molecule has 65 valence electrons. The molecule has 0 saturated heterocycles. The Labute approximate surface area is 69.8 Å². The van der Waals surface area contributed by atoms with E-state index in [1.54, 1.807) is 0 Å². The highest BCUT2D eigenvalue weighted by molar-refractivity contribution is 4.89. The molecule has 11 heavy (non-hydrogen) atoms. The molecule has 0 aliphatic heterocycles. The van der Waals surface area contributed by atoms with E-state index in [9.17, 15) is 5.11 Å². The van der Waals surface area contributed by atoms with Gasteiger partial charge in [-0.1, -0.05) is 26.7 Å². The number of aliphatic hydroxyl groups excluding tert-OH is 1. The van der Waals surface area contributed by atoms with Gasteiger partial charge < -0.3 is 5.11 Å². The van der Waals surface area contributed by atoms with E-state index >= 15 is 0 Å². The Kier molecular flexibility index (Phi) is 3.38. The van der Waals surface area contributed by atoms with Crippen LogP contribution in [0, 0.1) is 11.8 Å². The van der Waals surface area contributed by atoms with Crippen LogP contribution in [0.15, 0.2) is 0 Å². The summed E-state index contributed by atoms with van der Waals surface area (Å²) < 4.78 is 0. The van der Waals surface area contributed by atoms with Gasteiger partial charge in [-0.2, -0.15) is 0 Å². The SMILES string of the molecule is C[C](C)C1CCCCC(O)C1. The quantitative estimate of drug-likeness (QED) is 0.577. The summed E-state index contributed by atoms with van der Waals surface area (Å²) >= 11 is 0. The Balaban J connectivity index is 2.39. The largest absolute Gasteiger partial charge is 0.393 e. The van der Waals surface area contributed by atoms with E-state index in [-0.39, 0.29) is 6.10 Å². The summed E-state index contributed by atoms with van der Waals surface area (Å²) in [6.45, 7) is 4.37. The Morgan fingerprint density at radius 1 is 1.18 bits per heavy atom. The van der Waals surface area contributed by atoms with Gasteiger partial charge in [0, 0.05) is 0 Å². The van der Waals surface area contributed by atoms with Crippen LogP contribution in [-0.4, -0.2) is 11.2 Å². The molecule has 1 rings (SSSR count). The molecule has 0 bridgehead atoms. The van der Waals surface area contributed by atoms with Crippen LogP contribution in [0.3, 0.4) is 0 Å². The number of aliphatic hydroxyl groups is 1.